The topological polar surface area (TPSA) is 31.2 Å². The summed E-state index contributed by atoms with van der Waals surface area (Å²) >= 11 is 0. The molecule has 1 aromatic heterocycles. The Bertz CT molecular complexity index is 598. The molecule has 0 radical (unpaired) electrons. The lowest BCUT2D eigenvalue weighted by Crippen LogP contribution is -2.15. The van der Waals surface area contributed by atoms with Gasteiger partial charge in [0.15, 0.2) is 0 Å². The predicted molar refractivity (Wildman–Crippen MR) is 77.1 cm³/mol. The number of benzene rings is 1. The van der Waals surface area contributed by atoms with Gasteiger partial charge >= 0.3 is 5.97 Å². The Labute approximate surface area is 113 Å². The molecule has 0 bridgehead atoms. The van der Waals surface area contributed by atoms with Crippen molar-refractivity contribution in [3.63, 3.8) is 0 Å². The standard InChI is InChI=1S/C16H19NO2/c1-4-8-13(16(18)19-5-2)14-11-17(3)15-10-7-6-9-12(14)15/h4,6-7,9-11,13H,1,5,8H2,2-3H3. The molecule has 3 heteroatoms. The van der Waals surface area contributed by atoms with Gasteiger partial charge in [0.25, 0.3) is 0 Å². The second kappa shape index (κ2) is 5.74. The maximum absolute atomic E-state index is 12.1. The number of nitrogens with zero attached hydrogens (tertiary/aromatic N) is 1. The Balaban J connectivity index is 2.50. The van der Waals surface area contributed by atoms with Crippen LogP contribution in [-0.2, 0) is 16.6 Å². The minimum atomic E-state index is -0.274. The lowest BCUT2D eigenvalue weighted by molar-refractivity contribution is -0.144. The highest BCUT2D eigenvalue weighted by Gasteiger charge is 2.24. The van der Waals surface area contributed by atoms with E-state index in [1.807, 2.05) is 42.9 Å². The van der Waals surface area contributed by atoms with Gasteiger partial charge < -0.3 is 9.30 Å². The van der Waals surface area contributed by atoms with Crippen LogP contribution in [0.15, 0.2) is 43.1 Å². The molecule has 0 N–H and O–H groups in total. The van der Waals surface area contributed by atoms with Crippen molar-refractivity contribution in [1.29, 1.82) is 0 Å². The minimum absolute atomic E-state index is 0.182. The predicted octanol–water partition coefficient (Wildman–Crippen LogP) is 3.40. The van der Waals surface area contributed by atoms with Crippen molar-refractivity contribution in [2.24, 2.45) is 7.05 Å². The summed E-state index contributed by atoms with van der Waals surface area (Å²) in [5.41, 5.74) is 2.13. The SMILES string of the molecule is C=CCC(C(=O)OCC)c1cn(C)c2ccccc12. The zero-order chi connectivity index (χ0) is 13.8. The summed E-state index contributed by atoms with van der Waals surface area (Å²) in [6.45, 7) is 5.97. The van der Waals surface area contributed by atoms with E-state index in [2.05, 4.69) is 12.6 Å². The van der Waals surface area contributed by atoms with Gasteiger partial charge in [-0.1, -0.05) is 24.3 Å². The first-order chi connectivity index (χ1) is 9.19. The summed E-state index contributed by atoms with van der Waals surface area (Å²) < 4.78 is 7.21. The Morgan fingerprint density at radius 2 is 2.21 bits per heavy atom. The summed E-state index contributed by atoms with van der Waals surface area (Å²) in [6, 6.07) is 8.08. The molecule has 1 unspecified atom stereocenters. The fourth-order valence-electron chi connectivity index (χ4n) is 2.41. The van der Waals surface area contributed by atoms with Crippen molar-refractivity contribution in [1.82, 2.24) is 4.57 Å². The fraction of sp³-hybridized carbons (Fsp3) is 0.312. The molecule has 0 aliphatic rings. The van der Waals surface area contributed by atoms with Crippen LogP contribution in [-0.4, -0.2) is 17.1 Å². The van der Waals surface area contributed by atoms with Crippen LogP contribution in [0.3, 0.4) is 0 Å². The molecule has 0 fully saturated rings. The average molecular weight is 257 g/mol. The summed E-state index contributed by atoms with van der Waals surface area (Å²) in [7, 11) is 1.99. The van der Waals surface area contributed by atoms with Crippen LogP contribution in [0, 0.1) is 0 Å². The molecule has 1 atom stereocenters. The number of para-hydroxylation sites is 1. The molecule has 1 heterocycles. The Morgan fingerprint density at radius 3 is 2.89 bits per heavy atom. The second-order valence-electron chi connectivity index (χ2n) is 4.54. The zero-order valence-electron chi connectivity index (χ0n) is 11.4. The van der Waals surface area contributed by atoms with Crippen molar-refractivity contribution in [2.75, 3.05) is 6.61 Å². The van der Waals surface area contributed by atoms with Crippen LogP contribution < -0.4 is 0 Å². The normalized spacial score (nSPS) is 12.3. The summed E-state index contributed by atoms with van der Waals surface area (Å²) in [6.07, 6.45) is 4.37. The van der Waals surface area contributed by atoms with Gasteiger partial charge in [-0.15, -0.1) is 6.58 Å². The van der Waals surface area contributed by atoms with E-state index in [0.717, 1.165) is 16.5 Å². The van der Waals surface area contributed by atoms with Crippen molar-refractivity contribution in [3.8, 4) is 0 Å². The first-order valence-electron chi connectivity index (χ1n) is 6.50. The fourth-order valence-corrected chi connectivity index (χ4v) is 2.41. The zero-order valence-corrected chi connectivity index (χ0v) is 11.4. The minimum Gasteiger partial charge on any atom is -0.466 e. The van der Waals surface area contributed by atoms with Crippen LogP contribution in [0.25, 0.3) is 10.9 Å². The van der Waals surface area contributed by atoms with Crippen LogP contribution in [0.4, 0.5) is 0 Å². The highest BCUT2D eigenvalue weighted by molar-refractivity contribution is 5.90. The van der Waals surface area contributed by atoms with E-state index in [4.69, 9.17) is 4.74 Å². The van der Waals surface area contributed by atoms with Crippen molar-refractivity contribution in [2.45, 2.75) is 19.3 Å². The number of carbonyl (C=O) groups is 1. The van der Waals surface area contributed by atoms with E-state index in [1.54, 1.807) is 6.08 Å². The van der Waals surface area contributed by atoms with E-state index >= 15 is 0 Å². The van der Waals surface area contributed by atoms with E-state index in [-0.39, 0.29) is 11.9 Å². The van der Waals surface area contributed by atoms with Crippen molar-refractivity contribution >= 4 is 16.9 Å². The van der Waals surface area contributed by atoms with Gasteiger partial charge in [0.2, 0.25) is 0 Å². The van der Waals surface area contributed by atoms with Crippen LogP contribution >= 0.6 is 0 Å². The lowest BCUT2D eigenvalue weighted by Gasteiger charge is -2.13. The molecule has 1 aromatic carbocycles. The van der Waals surface area contributed by atoms with Crippen LogP contribution in [0.1, 0.15) is 24.8 Å². The molecular weight excluding hydrogens is 238 g/mol. The number of hydrogen-bond acceptors (Lipinski definition) is 2. The van der Waals surface area contributed by atoms with Gasteiger partial charge in [-0.25, -0.2) is 0 Å². The average Bonchev–Trinajstić information content (AvgIpc) is 2.74. The third-order valence-corrected chi connectivity index (χ3v) is 3.28. The summed E-state index contributed by atoms with van der Waals surface area (Å²) in [4.78, 5) is 12.1. The number of aromatic nitrogens is 1. The molecule has 2 rings (SSSR count). The van der Waals surface area contributed by atoms with Crippen LogP contribution in [0.5, 0.6) is 0 Å². The second-order valence-corrected chi connectivity index (χ2v) is 4.54. The van der Waals surface area contributed by atoms with E-state index in [0.29, 0.717) is 13.0 Å². The van der Waals surface area contributed by atoms with Gasteiger partial charge in [-0.2, -0.15) is 0 Å². The smallest absolute Gasteiger partial charge is 0.313 e. The number of hydrogen-bond donors (Lipinski definition) is 0. The molecule has 19 heavy (non-hydrogen) atoms. The molecule has 0 aliphatic heterocycles. The molecule has 0 spiro atoms. The van der Waals surface area contributed by atoms with Gasteiger partial charge in [0.1, 0.15) is 0 Å². The largest absolute Gasteiger partial charge is 0.466 e. The number of esters is 1. The number of carbonyl (C=O) groups excluding carboxylic acids is 1. The van der Waals surface area contributed by atoms with Crippen molar-refractivity contribution < 1.29 is 9.53 Å². The van der Waals surface area contributed by atoms with Gasteiger partial charge in [0, 0.05) is 24.1 Å². The number of rotatable bonds is 5. The first-order valence-corrected chi connectivity index (χ1v) is 6.50. The lowest BCUT2D eigenvalue weighted by atomic mass is 9.95. The monoisotopic (exact) mass is 257 g/mol. The molecule has 2 aromatic rings. The number of ether oxygens (including phenoxy) is 1. The van der Waals surface area contributed by atoms with Gasteiger partial charge in [0.05, 0.1) is 12.5 Å². The highest BCUT2D eigenvalue weighted by Crippen LogP contribution is 2.30. The molecule has 0 aliphatic carbocycles. The molecule has 3 nitrogen and oxygen atoms in total. The Morgan fingerprint density at radius 1 is 1.47 bits per heavy atom. The maximum atomic E-state index is 12.1. The third kappa shape index (κ3) is 2.55. The quantitative estimate of drug-likeness (QED) is 0.607. The molecular formula is C16H19NO2. The summed E-state index contributed by atoms with van der Waals surface area (Å²) in [5.74, 6) is -0.456. The number of fused-ring (bicyclic) bond motifs is 1. The number of allylic oxidation sites excluding steroid dienone is 1. The first kappa shape index (κ1) is 13.4. The van der Waals surface area contributed by atoms with E-state index in [1.165, 1.54) is 0 Å². The molecule has 0 amide bonds. The number of aryl methyl sites for hydroxylation is 1. The van der Waals surface area contributed by atoms with Crippen LogP contribution in [0.2, 0.25) is 0 Å². The Kier molecular flexibility index (Phi) is 4.05. The van der Waals surface area contributed by atoms with Crippen molar-refractivity contribution in [3.05, 3.63) is 48.7 Å². The Hall–Kier alpha value is -2.03. The van der Waals surface area contributed by atoms with E-state index < -0.39 is 0 Å². The highest BCUT2D eigenvalue weighted by atomic mass is 16.5. The summed E-state index contributed by atoms with van der Waals surface area (Å²) in [5, 5.41) is 1.10. The molecule has 0 saturated heterocycles. The third-order valence-electron chi connectivity index (χ3n) is 3.28. The maximum Gasteiger partial charge on any atom is 0.313 e. The van der Waals surface area contributed by atoms with Gasteiger partial charge in [-0.05, 0) is 25.0 Å². The molecule has 100 valence electrons. The molecule has 0 saturated carbocycles. The van der Waals surface area contributed by atoms with E-state index in [9.17, 15) is 4.79 Å². The van der Waals surface area contributed by atoms with Gasteiger partial charge in [-0.3, -0.25) is 4.79 Å².